The summed E-state index contributed by atoms with van der Waals surface area (Å²) in [5.41, 5.74) is 0. The second-order valence-electron chi connectivity index (χ2n) is 25.0. The maximum absolute atomic E-state index is 13.3. The van der Waals surface area contributed by atoms with E-state index in [1.165, 1.54) is 180 Å². The predicted octanol–water partition coefficient (Wildman–Crippen LogP) is 14.8. The number of unbranched alkanes of at least 4 members (excludes halogenated alkanes) is 33. The lowest BCUT2D eigenvalue weighted by Gasteiger charge is -2.46. The second kappa shape index (κ2) is 58.0. The normalized spacial score (nSPS) is 23.7. The molecule has 2 rings (SSSR count). The van der Waals surface area contributed by atoms with Crippen molar-refractivity contribution in [1.29, 1.82) is 0 Å². The van der Waals surface area contributed by atoms with Gasteiger partial charge in [-0.2, -0.15) is 0 Å². The monoisotopic (exact) mass is 1240 g/mol. The minimum Gasteiger partial charge on any atom is -0.394 e. The van der Waals surface area contributed by atoms with E-state index in [4.69, 9.17) is 18.9 Å². The number of hydrogen-bond acceptors (Lipinski definition) is 13. The number of rotatable bonds is 58. The molecule has 2 aliphatic rings. The van der Waals surface area contributed by atoms with Gasteiger partial charge in [0.2, 0.25) is 5.91 Å². The maximum Gasteiger partial charge on any atom is 0.220 e. The lowest BCUT2D eigenvalue weighted by atomic mass is 9.97. The van der Waals surface area contributed by atoms with Gasteiger partial charge in [0, 0.05) is 6.42 Å². The van der Waals surface area contributed by atoms with Gasteiger partial charge in [0.05, 0.1) is 32.0 Å². The van der Waals surface area contributed by atoms with Crippen molar-refractivity contribution in [2.45, 2.75) is 357 Å². The second-order valence-corrected chi connectivity index (χ2v) is 25.0. The number of aliphatic hydroxyl groups is 8. The van der Waals surface area contributed by atoms with E-state index >= 15 is 0 Å². The van der Waals surface area contributed by atoms with Crippen LogP contribution in [-0.2, 0) is 23.7 Å². The Morgan fingerprint density at radius 1 is 0.420 bits per heavy atom. The van der Waals surface area contributed by atoms with Gasteiger partial charge in [-0.1, -0.05) is 279 Å². The number of nitrogens with one attached hydrogen (secondary N) is 1. The summed E-state index contributed by atoms with van der Waals surface area (Å²) in [6.07, 6.45) is 63.9. The molecule has 0 aromatic carbocycles. The average molecular weight is 1240 g/mol. The molecule has 2 aliphatic heterocycles. The zero-order valence-corrected chi connectivity index (χ0v) is 55.4. The minimum absolute atomic E-state index is 0.251. The third kappa shape index (κ3) is 41.6. The molecular weight excluding hydrogens is 1110 g/mol. The first-order chi connectivity index (χ1) is 43.1. The Morgan fingerprint density at radius 2 is 0.795 bits per heavy atom. The first kappa shape index (κ1) is 81.3. The van der Waals surface area contributed by atoms with Crippen LogP contribution in [0.1, 0.15) is 284 Å². The molecule has 0 radical (unpaired) electrons. The molecule has 14 heteroatoms. The fourth-order valence-corrected chi connectivity index (χ4v) is 11.4. The Morgan fingerprint density at radius 3 is 1.25 bits per heavy atom. The van der Waals surface area contributed by atoms with Crippen molar-refractivity contribution in [2.24, 2.45) is 0 Å². The highest BCUT2D eigenvalue weighted by Gasteiger charge is 2.51. The molecule has 12 atom stereocenters. The van der Waals surface area contributed by atoms with Gasteiger partial charge in [0.25, 0.3) is 0 Å². The van der Waals surface area contributed by atoms with Crippen LogP contribution in [0.5, 0.6) is 0 Å². The summed E-state index contributed by atoms with van der Waals surface area (Å²) in [7, 11) is 0. The van der Waals surface area contributed by atoms with E-state index in [-0.39, 0.29) is 18.9 Å². The number of ether oxygens (including phenoxy) is 4. The third-order valence-corrected chi connectivity index (χ3v) is 17.0. The molecule has 0 aliphatic carbocycles. The topological polar surface area (TPSA) is 228 Å². The van der Waals surface area contributed by atoms with Gasteiger partial charge in [0.15, 0.2) is 12.6 Å². The summed E-state index contributed by atoms with van der Waals surface area (Å²) in [5, 5.41) is 87.2. The maximum atomic E-state index is 13.3. The van der Waals surface area contributed by atoms with E-state index < -0.39 is 86.8 Å². The summed E-state index contributed by atoms with van der Waals surface area (Å²) in [5.74, 6) is -0.251. The molecule has 88 heavy (non-hydrogen) atoms. The van der Waals surface area contributed by atoms with Crippen LogP contribution in [0, 0.1) is 0 Å². The van der Waals surface area contributed by atoms with Gasteiger partial charge in [0.1, 0.15) is 48.8 Å². The number of allylic oxidation sites excluding steroid dienone is 13. The standard InChI is InChI=1S/C74H131NO13/c1-3-5-7-9-11-13-15-17-19-20-21-22-23-24-25-26-27-28-29-30-31-32-33-34-35-36-37-38-39-40-41-42-44-46-48-50-52-54-56-58-66(79)75-62(63(78)57-55-53-51-49-47-45-43-18-16-14-12-10-8-6-4-2)61-85-73-71(84)69(82)72(65(60-77)87-73)88-74-70(83)68(81)67(80)64(59-76)86-74/h5,7,11,13,16-19,21-22,47,49,55,57,62-65,67-74,76-78,80-84H,3-4,6,8-10,12,14-15,20,23-46,48,50-54,56,58-61H2,1-2H3,(H,75,79)/b7-5-,13-11-,18-16+,19-17-,22-21-,49-47+,57-55+. The van der Waals surface area contributed by atoms with Gasteiger partial charge in [-0.05, 0) is 83.5 Å². The molecule has 1 amide bonds. The number of carbonyl (C=O) groups is 1. The van der Waals surface area contributed by atoms with Gasteiger partial charge in [-0.3, -0.25) is 4.79 Å². The van der Waals surface area contributed by atoms with Crippen LogP contribution in [0.2, 0.25) is 0 Å². The number of carbonyl (C=O) groups excluding carboxylic acids is 1. The summed E-state index contributed by atoms with van der Waals surface area (Å²) in [4.78, 5) is 13.3. The van der Waals surface area contributed by atoms with Crippen molar-refractivity contribution in [3.8, 4) is 0 Å². The summed E-state index contributed by atoms with van der Waals surface area (Å²) >= 11 is 0. The van der Waals surface area contributed by atoms with Crippen LogP contribution < -0.4 is 5.32 Å². The number of amides is 1. The van der Waals surface area contributed by atoms with Crippen molar-refractivity contribution in [1.82, 2.24) is 5.32 Å². The summed E-state index contributed by atoms with van der Waals surface area (Å²) in [6, 6.07) is -0.939. The van der Waals surface area contributed by atoms with E-state index in [0.717, 1.165) is 70.6 Å². The molecule has 0 aromatic heterocycles. The molecule has 510 valence electrons. The van der Waals surface area contributed by atoms with Crippen LogP contribution in [0.4, 0.5) is 0 Å². The fraction of sp³-hybridized carbons (Fsp3) is 0.797. The lowest BCUT2D eigenvalue weighted by molar-refractivity contribution is -0.359. The number of aliphatic hydroxyl groups excluding tert-OH is 8. The van der Waals surface area contributed by atoms with E-state index in [2.05, 4.69) is 92.1 Å². The largest absolute Gasteiger partial charge is 0.394 e. The van der Waals surface area contributed by atoms with Crippen LogP contribution in [0.15, 0.2) is 85.1 Å². The molecule has 0 spiro atoms. The zero-order chi connectivity index (χ0) is 63.8. The van der Waals surface area contributed by atoms with Gasteiger partial charge < -0.3 is 65.1 Å². The van der Waals surface area contributed by atoms with E-state index in [1.807, 2.05) is 6.08 Å². The van der Waals surface area contributed by atoms with E-state index in [9.17, 15) is 45.6 Å². The first-order valence-corrected chi connectivity index (χ1v) is 35.8. The highest BCUT2D eigenvalue weighted by Crippen LogP contribution is 2.30. The molecule has 12 unspecified atom stereocenters. The Labute approximate surface area is 535 Å². The fourth-order valence-electron chi connectivity index (χ4n) is 11.4. The van der Waals surface area contributed by atoms with Gasteiger partial charge in [-0.25, -0.2) is 0 Å². The highest BCUT2D eigenvalue weighted by atomic mass is 16.7. The highest BCUT2D eigenvalue weighted by molar-refractivity contribution is 5.76. The van der Waals surface area contributed by atoms with Crippen molar-refractivity contribution in [3.63, 3.8) is 0 Å². The summed E-state index contributed by atoms with van der Waals surface area (Å²) in [6.45, 7) is 2.66. The van der Waals surface area contributed by atoms with Gasteiger partial charge >= 0.3 is 0 Å². The predicted molar refractivity (Wildman–Crippen MR) is 360 cm³/mol. The molecule has 0 aromatic rings. The van der Waals surface area contributed by atoms with Crippen molar-refractivity contribution in [3.05, 3.63) is 85.1 Å². The Balaban J connectivity index is 1.57. The molecule has 0 bridgehead atoms. The molecule has 2 saturated heterocycles. The van der Waals surface area contributed by atoms with Crippen molar-refractivity contribution >= 4 is 5.91 Å². The smallest absolute Gasteiger partial charge is 0.220 e. The molecule has 2 heterocycles. The Hall–Kier alpha value is -2.83. The molecular formula is C74H131NO13. The van der Waals surface area contributed by atoms with Gasteiger partial charge in [-0.15, -0.1) is 0 Å². The lowest BCUT2D eigenvalue weighted by Crippen LogP contribution is -2.65. The van der Waals surface area contributed by atoms with Crippen LogP contribution >= 0.6 is 0 Å². The molecule has 0 saturated carbocycles. The number of hydrogen-bond donors (Lipinski definition) is 9. The summed E-state index contributed by atoms with van der Waals surface area (Å²) < 4.78 is 22.8. The Kier molecular flexibility index (Phi) is 53.6. The first-order valence-electron chi connectivity index (χ1n) is 35.8. The van der Waals surface area contributed by atoms with Crippen LogP contribution in [0.3, 0.4) is 0 Å². The van der Waals surface area contributed by atoms with Crippen molar-refractivity contribution < 1.29 is 64.6 Å². The molecule has 2 fully saturated rings. The average Bonchev–Trinajstić information content (AvgIpc) is 2.99. The molecule has 14 nitrogen and oxygen atoms in total. The minimum atomic E-state index is -1.79. The van der Waals surface area contributed by atoms with Crippen LogP contribution in [-0.4, -0.2) is 140 Å². The quantitative estimate of drug-likeness (QED) is 0.0204. The Bertz CT molecular complexity index is 1800. The third-order valence-electron chi connectivity index (χ3n) is 17.0. The van der Waals surface area contributed by atoms with Crippen LogP contribution in [0.25, 0.3) is 0 Å². The zero-order valence-electron chi connectivity index (χ0n) is 55.4. The SMILES string of the molecule is CC/C=C\C/C=C\C/C=C\C/C=C\CCCCCCCCCCCCCCCCCCCCCCCCCCCCC(=O)NC(COC1OC(CO)C(OC2OC(CO)C(O)C(O)C2O)C(O)C1O)C(O)/C=C/CC/C=C/CC/C=C/CCCCCCC. The molecule has 9 N–H and O–H groups in total. The van der Waals surface area contributed by atoms with E-state index in [0.29, 0.717) is 12.8 Å². The van der Waals surface area contributed by atoms with Crippen molar-refractivity contribution in [2.75, 3.05) is 19.8 Å². The van der Waals surface area contributed by atoms with E-state index in [1.54, 1.807) is 6.08 Å².